The van der Waals surface area contributed by atoms with Gasteiger partial charge in [-0.15, -0.1) is 0 Å². The molecule has 0 unspecified atom stereocenters. The van der Waals surface area contributed by atoms with Crippen LogP contribution in [0.4, 0.5) is 0 Å². The zero-order valence-corrected chi connectivity index (χ0v) is 7.60. The highest BCUT2D eigenvalue weighted by Crippen LogP contribution is 2.05. The quantitative estimate of drug-likeness (QED) is 0.306. The predicted octanol–water partition coefficient (Wildman–Crippen LogP) is 0.677. The number of aryl methyl sites for hydroxylation is 1. The van der Waals surface area contributed by atoms with Crippen molar-refractivity contribution in [2.75, 3.05) is 6.79 Å². The van der Waals surface area contributed by atoms with E-state index < -0.39 is 5.97 Å². The smallest absolute Gasteiger partial charge is 0.342 e. The molecule has 0 aromatic carbocycles. The molecule has 1 rings (SSSR count). The van der Waals surface area contributed by atoms with Gasteiger partial charge < -0.3 is 9.47 Å². The predicted molar refractivity (Wildman–Crippen MR) is 46.4 cm³/mol. The second-order valence-electron chi connectivity index (χ2n) is 2.45. The molecule has 0 amide bonds. The molecule has 0 fully saturated rings. The van der Waals surface area contributed by atoms with E-state index in [1.54, 1.807) is 25.3 Å². The fourth-order valence-electron chi connectivity index (χ4n) is 0.893. The number of rotatable bonds is 4. The Morgan fingerprint density at radius 3 is 3.07 bits per heavy atom. The Labute approximate surface area is 80.7 Å². The zero-order chi connectivity index (χ0) is 10.4. The summed E-state index contributed by atoms with van der Waals surface area (Å²) in [6.07, 6.45) is 1.58. The molecular weight excluding hydrogens is 186 g/mol. The van der Waals surface area contributed by atoms with Crippen molar-refractivity contribution in [2.45, 2.75) is 6.92 Å². The summed E-state index contributed by atoms with van der Waals surface area (Å²) in [6.45, 7) is 1.53. The first-order chi connectivity index (χ1) is 6.75. The maximum atomic E-state index is 11.3. The van der Waals surface area contributed by atoms with Crippen LogP contribution in [0.3, 0.4) is 0 Å². The molecule has 5 heteroatoms. The molecule has 0 radical (unpaired) electrons. The molecule has 1 heterocycles. The van der Waals surface area contributed by atoms with Gasteiger partial charge in [-0.3, -0.25) is 9.78 Å². The first kappa shape index (κ1) is 10.2. The largest absolute Gasteiger partial charge is 0.430 e. The summed E-state index contributed by atoms with van der Waals surface area (Å²) in [7, 11) is 0. The Kier molecular flexibility index (Phi) is 3.60. The van der Waals surface area contributed by atoms with Crippen LogP contribution in [0.15, 0.2) is 18.3 Å². The number of carbonyl (C=O) groups is 2. The molecule has 0 aliphatic heterocycles. The number of hydrogen-bond acceptors (Lipinski definition) is 5. The molecule has 0 atom stereocenters. The average Bonchev–Trinajstić information content (AvgIpc) is 2.18. The molecule has 14 heavy (non-hydrogen) atoms. The maximum Gasteiger partial charge on any atom is 0.342 e. The summed E-state index contributed by atoms with van der Waals surface area (Å²) in [5.74, 6) is -0.558. The van der Waals surface area contributed by atoms with Crippen LogP contribution in [0.5, 0.6) is 0 Å². The Morgan fingerprint density at radius 1 is 1.64 bits per heavy atom. The monoisotopic (exact) mass is 195 g/mol. The van der Waals surface area contributed by atoms with Gasteiger partial charge in [0.15, 0.2) is 0 Å². The molecule has 0 aliphatic carbocycles. The first-order valence-corrected chi connectivity index (χ1v) is 3.89. The second kappa shape index (κ2) is 4.96. The minimum absolute atomic E-state index is 0.212. The lowest BCUT2D eigenvalue weighted by atomic mass is 10.2. The number of esters is 1. The highest BCUT2D eigenvalue weighted by atomic mass is 16.7. The van der Waals surface area contributed by atoms with Crippen LogP contribution in [-0.2, 0) is 14.3 Å². The van der Waals surface area contributed by atoms with Crippen molar-refractivity contribution in [3.8, 4) is 0 Å². The van der Waals surface area contributed by atoms with E-state index in [1.165, 1.54) is 0 Å². The number of nitrogens with zero attached hydrogens (tertiary/aromatic N) is 1. The van der Waals surface area contributed by atoms with Crippen molar-refractivity contribution in [3.63, 3.8) is 0 Å². The molecule has 0 bridgehead atoms. The van der Waals surface area contributed by atoms with Crippen molar-refractivity contribution >= 4 is 12.4 Å². The van der Waals surface area contributed by atoms with E-state index in [4.69, 9.17) is 0 Å². The number of ether oxygens (including phenoxy) is 2. The van der Waals surface area contributed by atoms with Crippen LogP contribution in [-0.4, -0.2) is 24.2 Å². The third kappa shape index (κ3) is 2.55. The van der Waals surface area contributed by atoms with E-state index in [2.05, 4.69) is 14.5 Å². The van der Waals surface area contributed by atoms with E-state index in [-0.39, 0.29) is 13.3 Å². The van der Waals surface area contributed by atoms with Gasteiger partial charge in [-0.2, -0.15) is 0 Å². The first-order valence-electron chi connectivity index (χ1n) is 3.89. The summed E-state index contributed by atoms with van der Waals surface area (Å²) in [4.78, 5) is 25.0. The van der Waals surface area contributed by atoms with E-state index in [0.717, 1.165) is 0 Å². The summed E-state index contributed by atoms with van der Waals surface area (Å²) in [5.41, 5.74) is 0.936. The highest BCUT2D eigenvalue weighted by molar-refractivity contribution is 5.90. The van der Waals surface area contributed by atoms with Crippen LogP contribution in [0, 0.1) is 6.92 Å². The van der Waals surface area contributed by atoms with Gasteiger partial charge in [-0.1, -0.05) is 0 Å². The number of pyridine rings is 1. The lowest BCUT2D eigenvalue weighted by Crippen LogP contribution is -2.10. The van der Waals surface area contributed by atoms with Crippen molar-refractivity contribution in [3.05, 3.63) is 29.6 Å². The normalized spacial score (nSPS) is 9.21. The van der Waals surface area contributed by atoms with Gasteiger partial charge in [0.25, 0.3) is 6.47 Å². The highest BCUT2D eigenvalue weighted by Gasteiger charge is 2.09. The molecule has 74 valence electrons. The molecule has 0 aliphatic rings. The summed E-state index contributed by atoms with van der Waals surface area (Å²) < 4.78 is 8.84. The van der Waals surface area contributed by atoms with Crippen LogP contribution >= 0.6 is 0 Å². The number of hydrogen-bond donors (Lipinski definition) is 0. The van der Waals surface area contributed by atoms with Crippen LogP contribution in [0.25, 0.3) is 0 Å². The van der Waals surface area contributed by atoms with Gasteiger partial charge in [-0.05, 0) is 19.1 Å². The molecule has 1 aromatic rings. The maximum absolute atomic E-state index is 11.3. The minimum Gasteiger partial charge on any atom is -0.430 e. The average molecular weight is 195 g/mol. The summed E-state index contributed by atoms with van der Waals surface area (Å²) >= 11 is 0. The second-order valence-corrected chi connectivity index (χ2v) is 2.45. The fourth-order valence-corrected chi connectivity index (χ4v) is 0.893. The SMILES string of the molecule is Cc1ncccc1C(=O)OCOC=O. The number of aromatic nitrogens is 1. The van der Waals surface area contributed by atoms with E-state index >= 15 is 0 Å². The van der Waals surface area contributed by atoms with Crippen LogP contribution in [0.2, 0.25) is 0 Å². The van der Waals surface area contributed by atoms with Gasteiger partial charge in [0.2, 0.25) is 6.79 Å². The minimum atomic E-state index is -0.558. The van der Waals surface area contributed by atoms with Crippen molar-refractivity contribution in [1.82, 2.24) is 4.98 Å². The van der Waals surface area contributed by atoms with Gasteiger partial charge in [0.05, 0.1) is 11.3 Å². The molecule has 1 aromatic heterocycles. The van der Waals surface area contributed by atoms with Gasteiger partial charge in [0.1, 0.15) is 0 Å². The van der Waals surface area contributed by atoms with Gasteiger partial charge in [0, 0.05) is 6.20 Å². The molecule has 0 saturated heterocycles. The van der Waals surface area contributed by atoms with E-state index in [9.17, 15) is 9.59 Å². The van der Waals surface area contributed by atoms with Gasteiger partial charge >= 0.3 is 5.97 Å². The molecule has 0 N–H and O–H groups in total. The standard InChI is InChI=1S/C9H9NO4/c1-7-8(3-2-4-10-7)9(12)14-6-13-5-11/h2-5H,6H2,1H3. The lowest BCUT2D eigenvalue weighted by Gasteiger charge is -2.04. The zero-order valence-electron chi connectivity index (χ0n) is 7.60. The third-order valence-corrected chi connectivity index (χ3v) is 1.55. The molecule has 5 nitrogen and oxygen atoms in total. The molecule has 0 saturated carbocycles. The van der Waals surface area contributed by atoms with Crippen molar-refractivity contribution in [2.24, 2.45) is 0 Å². The topological polar surface area (TPSA) is 65.5 Å². The summed E-state index contributed by atoms with van der Waals surface area (Å²) in [5, 5.41) is 0. The lowest BCUT2D eigenvalue weighted by molar-refractivity contribution is -0.136. The third-order valence-electron chi connectivity index (χ3n) is 1.55. The Bertz CT molecular complexity index is 337. The molecular formula is C9H9NO4. The van der Waals surface area contributed by atoms with Crippen molar-refractivity contribution < 1.29 is 19.1 Å². The van der Waals surface area contributed by atoms with Crippen LogP contribution < -0.4 is 0 Å². The van der Waals surface area contributed by atoms with Gasteiger partial charge in [-0.25, -0.2) is 4.79 Å². The Hall–Kier alpha value is -1.91. The van der Waals surface area contributed by atoms with Crippen LogP contribution in [0.1, 0.15) is 16.1 Å². The number of carbonyl (C=O) groups excluding carboxylic acids is 2. The summed E-state index contributed by atoms with van der Waals surface area (Å²) in [6, 6.07) is 3.22. The molecule has 0 spiro atoms. The fraction of sp³-hybridized carbons (Fsp3) is 0.222. The Balaban J connectivity index is 2.60. The van der Waals surface area contributed by atoms with E-state index in [1.807, 2.05) is 0 Å². The van der Waals surface area contributed by atoms with Crippen molar-refractivity contribution in [1.29, 1.82) is 0 Å². The van der Waals surface area contributed by atoms with E-state index in [0.29, 0.717) is 11.3 Å². The Morgan fingerprint density at radius 2 is 2.43 bits per heavy atom.